The molecule has 1 heterocycles. The number of nitrogens with zero attached hydrogens (tertiary/aromatic N) is 1. The first-order chi connectivity index (χ1) is 15.8. The van der Waals surface area contributed by atoms with Gasteiger partial charge in [-0.25, -0.2) is 13.7 Å². The average molecular weight is 448 g/mol. The summed E-state index contributed by atoms with van der Waals surface area (Å²) in [7, 11) is 0. The van der Waals surface area contributed by atoms with Crippen molar-refractivity contribution in [1.82, 2.24) is 0 Å². The molecule has 33 heavy (non-hydrogen) atoms. The Morgan fingerprint density at radius 1 is 0.909 bits per heavy atom. The van der Waals surface area contributed by atoms with Crippen molar-refractivity contribution in [2.45, 2.75) is 20.8 Å². The minimum absolute atomic E-state index is 0.0466. The molecule has 0 aromatic heterocycles. The van der Waals surface area contributed by atoms with Crippen LogP contribution < -0.4 is 15.0 Å². The second-order valence-electron chi connectivity index (χ2n) is 7.70. The van der Waals surface area contributed by atoms with Gasteiger partial charge in [0.15, 0.2) is 11.6 Å². The molecule has 0 bridgehead atoms. The van der Waals surface area contributed by atoms with Crippen LogP contribution in [0.3, 0.4) is 0 Å². The highest BCUT2D eigenvalue weighted by Crippen LogP contribution is 2.36. The Morgan fingerprint density at radius 2 is 1.70 bits per heavy atom. The maximum absolute atomic E-state index is 13.9. The zero-order chi connectivity index (χ0) is 23.7. The fraction of sp³-hybridized carbons (Fsp3) is 0.154. The monoisotopic (exact) mass is 448 g/mol. The molecule has 2 amide bonds. The Kier molecular flexibility index (Phi) is 5.96. The van der Waals surface area contributed by atoms with Gasteiger partial charge < -0.3 is 10.1 Å². The lowest BCUT2D eigenvalue weighted by Gasteiger charge is -2.16. The quantitative estimate of drug-likeness (QED) is 0.515. The fourth-order valence-corrected chi connectivity index (χ4v) is 3.82. The Hall–Kier alpha value is -4.00. The van der Waals surface area contributed by atoms with Gasteiger partial charge in [-0.3, -0.25) is 9.59 Å². The fourth-order valence-electron chi connectivity index (χ4n) is 3.82. The number of carbonyl (C=O) groups excluding carboxylic acids is 2. The number of hydrogen-bond donors (Lipinski definition) is 1. The first-order valence-electron chi connectivity index (χ1n) is 10.5. The van der Waals surface area contributed by atoms with Crippen LogP contribution in [0.4, 0.5) is 20.2 Å². The summed E-state index contributed by atoms with van der Waals surface area (Å²) in [5.41, 5.74) is 3.09. The smallest absolute Gasteiger partial charge is 0.282 e. The Balaban J connectivity index is 1.84. The predicted molar refractivity (Wildman–Crippen MR) is 123 cm³/mol. The number of ether oxygens (including phenoxy) is 1. The molecule has 0 aliphatic carbocycles. The van der Waals surface area contributed by atoms with Crippen molar-refractivity contribution >= 4 is 28.8 Å². The number of aryl methyl sites for hydroxylation is 2. The van der Waals surface area contributed by atoms with E-state index in [0.717, 1.165) is 28.2 Å². The minimum atomic E-state index is -1.15. The molecule has 0 saturated heterocycles. The first kappa shape index (κ1) is 22.2. The van der Waals surface area contributed by atoms with Crippen molar-refractivity contribution < 1.29 is 23.1 Å². The number of benzene rings is 3. The van der Waals surface area contributed by atoms with Gasteiger partial charge in [-0.15, -0.1) is 0 Å². The summed E-state index contributed by atoms with van der Waals surface area (Å²) in [6, 6.07) is 15.5. The van der Waals surface area contributed by atoms with E-state index in [1.165, 1.54) is 6.07 Å². The number of rotatable bonds is 6. The first-order valence-corrected chi connectivity index (χ1v) is 10.5. The molecule has 0 spiro atoms. The highest BCUT2D eigenvalue weighted by molar-refractivity contribution is 6.46. The van der Waals surface area contributed by atoms with Crippen LogP contribution in [0.1, 0.15) is 23.6 Å². The predicted octanol–water partition coefficient (Wildman–Crippen LogP) is 5.38. The molecule has 4 rings (SSSR count). The number of amides is 2. The molecule has 0 atom stereocenters. The second-order valence-corrected chi connectivity index (χ2v) is 7.70. The number of imide groups is 1. The summed E-state index contributed by atoms with van der Waals surface area (Å²) < 4.78 is 32.9. The van der Waals surface area contributed by atoms with Gasteiger partial charge in [-0.05, 0) is 56.2 Å². The van der Waals surface area contributed by atoms with E-state index in [9.17, 15) is 18.4 Å². The van der Waals surface area contributed by atoms with E-state index in [-0.39, 0.29) is 17.0 Å². The molecule has 1 aliphatic rings. The van der Waals surface area contributed by atoms with E-state index in [1.807, 2.05) is 32.9 Å². The van der Waals surface area contributed by atoms with Crippen LogP contribution in [0.2, 0.25) is 0 Å². The molecular weight excluding hydrogens is 426 g/mol. The summed E-state index contributed by atoms with van der Waals surface area (Å²) in [6.45, 7) is 6.11. The summed E-state index contributed by atoms with van der Waals surface area (Å²) in [6.07, 6.45) is 0. The molecule has 3 aromatic rings. The van der Waals surface area contributed by atoms with Crippen molar-refractivity contribution in [3.63, 3.8) is 0 Å². The van der Waals surface area contributed by atoms with Gasteiger partial charge in [0.25, 0.3) is 11.8 Å². The molecule has 168 valence electrons. The van der Waals surface area contributed by atoms with Crippen LogP contribution in [0.15, 0.2) is 66.4 Å². The molecule has 0 fully saturated rings. The lowest BCUT2D eigenvalue weighted by Crippen LogP contribution is -2.32. The minimum Gasteiger partial charge on any atom is -0.494 e. The second kappa shape index (κ2) is 8.86. The van der Waals surface area contributed by atoms with Crippen molar-refractivity contribution in [2.75, 3.05) is 16.8 Å². The van der Waals surface area contributed by atoms with Crippen molar-refractivity contribution in [1.29, 1.82) is 0 Å². The summed E-state index contributed by atoms with van der Waals surface area (Å²) in [5.74, 6) is -2.90. The van der Waals surface area contributed by atoms with Gasteiger partial charge in [0.1, 0.15) is 11.4 Å². The van der Waals surface area contributed by atoms with Crippen LogP contribution in [0, 0.1) is 25.5 Å². The van der Waals surface area contributed by atoms with Crippen LogP contribution in [0.25, 0.3) is 5.57 Å². The van der Waals surface area contributed by atoms with E-state index >= 15 is 0 Å². The van der Waals surface area contributed by atoms with E-state index in [0.29, 0.717) is 23.6 Å². The molecule has 0 radical (unpaired) electrons. The maximum Gasteiger partial charge on any atom is 0.282 e. The van der Waals surface area contributed by atoms with Gasteiger partial charge in [0, 0.05) is 17.8 Å². The number of carbonyl (C=O) groups is 2. The number of nitrogens with one attached hydrogen (secondary N) is 1. The zero-order valence-corrected chi connectivity index (χ0v) is 18.4. The highest BCUT2D eigenvalue weighted by Gasteiger charge is 2.41. The Morgan fingerprint density at radius 3 is 2.39 bits per heavy atom. The van der Waals surface area contributed by atoms with Crippen molar-refractivity contribution in [3.8, 4) is 5.75 Å². The van der Waals surface area contributed by atoms with Crippen molar-refractivity contribution in [3.05, 3.63) is 94.7 Å². The lowest BCUT2D eigenvalue weighted by atomic mass is 9.97. The van der Waals surface area contributed by atoms with Gasteiger partial charge in [0.05, 0.1) is 17.9 Å². The summed E-state index contributed by atoms with van der Waals surface area (Å²) in [4.78, 5) is 27.8. The number of halogens is 2. The average Bonchev–Trinajstić information content (AvgIpc) is 3.00. The maximum atomic E-state index is 13.9. The summed E-state index contributed by atoms with van der Waals surface area (Å²) in [5, 5.41) is 3.06. The standard InChI is InChI=1S/C26H22F2N2O3/c1-4-33-19-7-5-6-17(13-19)29-24-23(20-10-8-15(2)12-16(20)3)25(31)30(26(24)32)18-9-11-21(27)22(28)14-18/h5-14,29H,4H2,1-3H3. The topological polar surface area (TPSA) is 58.6 Å². The zero-order valence-electron chi connectivity index (χ0n) is 18.4. The lowest BCUT2D eigenvalue weighted by molar-refractivity contribution is -0.120. The van der Waals surface area contributed by atoms with E-state index in [4.69, 9.17) is 4.74 Å². The van der Waals surface area contributed by atoms with Crippen LogP contribution in [-0.4, -0.2) is 18.4 Å². The molecule has 5 nitrogen and oxygen atoms in total. The van der Waals surface area contributed by atoms with E-state index < -0.39 is 23.4 Å². The third kappa shape index (κ3) is 4.22. The van der Waals surface area contributed by atoms with Crippen LogP contribution >= 0.6 is 0 Å². The van der Waals surface area contributed by atoms with Gasteiger partial charge >= 0.3 is 0 Å². The molecule has 7 heteroatoms. The largest absolute Gasteiger partial charge is 0.494 e. The third-order valence-corrected chi connectivity index (χ3v) is 5.31. The van der Waals surface area contributed by atoms with Crippen molar-refractivity contribution in [2.24, 2.45) is 0 Å². The Bertz CT molecular complexity index is 1300. The SMILES string of the molecule is CCOc1cccc(NC2=C(c3ccc(C)cc3C)C(=O)N(c3ccc(F)c(F)c3)C2=O)c1. The van der Waals surface area contributed by atoms with Crippen LogP contribution in [0.5, 0.6) is 5.75 Å². The van der Waals surface area contributed by atoms with E-state index in [1.54, 1.807) is 30.3 Å². The van der Waals surface area contributed by atoms with E-state index in [2.05, 4.69) is 5.32 Å². The molecule has 3 aromatic carbocycles. The number of anilines is 2. The molecule has 0 saturated carbocycles. The van der Waals surface area contributed by atoms with Gasteiger partial charge in [-0.2, -0.15) is 0 Å². The summed E-state index contributed by atoms with van der Waals surface area (Å²) >= 11 is 0. The normalized spacial score (nSPS) is 13.7. The number of hydrogen-bond acceptors (Lipinski definition) is 4. The molecule has 1 N–H and O–H groups in total. The molecular formula is C26H22F2N2O3. The highest BCUT2D eigenvalue weighted by atomic mass is 19.2. The Labute approximate surface area is 190 Å². The van der Waals surface area contributed by atoms with Gasteiger partial charge in [-0.1, -0.05) is 29.8 Å². The molecule has 0 unspecified atom stereocenters. The third-order valence-electron chi connectivity index (χ3n) is 5.31. The van der Waals surface area contributed by atoms with Gasteiger partial charge in [0.2, 0.25) is 0 Å². The molecule has 1 aliphatic heterocycles. The van der Waals surface area contributed by atoms with Crippen LogP contribution in [-0.2, 0) is 9.59 Å².